The number of aliphatic hydroxyl groups excluding tert-OH is 1. The Kier molecular flexibility index (Phi) is 5.29. The highest BCUT2D eigenvalue weighted by molar-refractivity contribution is 9.10. The minimum Gasteiger partial charge on any atom is -0.493 e. The molecule has 0 heterocycles. The van der Waals surface area contributed by atoms with Crippen LogP contribution in [0.3, 0.4) is 0 Å². The summed E-state index contributed by atoms with van der Waals surface area (Å²) in [6, 6.07) is 3.54. The molecule has 1 aromatic rings. The summed E-state index contributed by atoms with van der Waals surface area (Å²) in [6.45, 7) is 0.208. The first kappa shape index (κ1) is 15.6. The van der Waals surface area contributed by atoms with Crippen molar-refractivity contribution in [1.82, 2.24) is 0 Å². The maximum absolute atomic E-state index is 10.5. The van der Waals surface area contributed by atoms with E-state index in [4.69, 9.17) is 9.47 Å². The highest BCUT2D eigenvalue weighted by atomic mass is 79.9. The van der Waals surface area contributed by atoms with Crippen LogP contribution in [0.15, 0.2) is 16.6 Å². The van der Waals surface area contributed by atoms with Gasteiger partial charge in [0.25, 0.3) is 0 Å². The summed E-state index contributed by atoms with van der Waals surface area (Å²) in [4.78, 5) is 0. The van der Waals surface area contributed by atoms with E-state index in [0.29, 0.717) is 11.5 Å². The van der Waals surface area contributed by atoms with Crippen molar-refractivity contribution in [2.75, 3.05) is 13.7 Å². The molecule has 1 aliphatic carbocycles. The molecule has 2 rings (SSSR count). The molecule has 0 unspecified atom stereocenters. The third-order valence-electron chi connectivity index (χ3n) is 3.74. The van der Waals surface area contributed by atoms with Gasteiger partial charge in [0.05, 0.1) is 23.8 Å². The van der Waals surface area contributed by atoms with Crippen molar-refractivity contribution in [3.8, 4) is 11.5 Å². The molecule has 20 heavy (non-hydrogen) atoms. The van der Waals surface area contributed by atoms with Crippen molar-refractivity contribution in [2.24, 2.45) is 0 Å². The van der Waals surface area contributed by atoms with Gasteiger partial charge in [0.2, 0.25) is 0 Å². The quantitative estimate of drug-likeness (QED) is 0.861. The zero-order chi connectivity index (χ0) is 14.6. The summed E-state index contributed by atoms with van der Waals surface area (Å²) in [7, 11) is 1.56. The molecule has 1 saturated carbocycles. The van der Waals surface area contributed by atoms with Crippen LogP contribution in [0.25, 0.3) is 0 Å². The van der Waals surface area contributed by atoms with Gasteiger partial charge in [0.15, 0.2) is 11.5 Å². The molecular weight excluding hydrogens is 324 g/mol. The van der Waals surface area contributed by atoms with E-state index in [0.717, 1.165) is 35.7 Å². The lowest BCUT2D eigenvalue weighted by Gasteiger charge is -2.32. The molecule has 0 aromatic heterocycles. The van der Waals surface area contributed by atoms with E-state index in [1.807, 2.05) is 0 Å². The highest BCUT2D eigenvalue weighted by Crippen LogP contribution is 2.38. The van der Waals surface area contributed by atoms with Gasteiger partial charge in [-0.3, -0.25) is 0 Å². The number of hydrogen-bond acceptors (Lipinski definition) is 4. The van der Waals surface area contributed by atoms with E-state index < -0.39 is 5.60 Å². The van der Waals surface area contributed by atoms with Crippen LogP contribution in [0.2, 0.25) is 0 Å². The van der Waals surface area contributed by atoms with Gasteiger partial charge in [-0.05, 0) is 46.5 Å². The molecule has 0 radical (unpaired) electrons. The van der Waals surface area contributed by atoms with E-state index in [1.165, 1.54) is 6.42 Å². The second-order valence-corrected chi connectivity index (χ2v) is 6.20. The molecule has 5 heteroatoms. The third kappa shape index (κ3) is 3.65. The lowest BCUT2D eigenvalue weighted by Crippen LogP contribution is -2.38. The molecule has 1 fully saturated rings. The molecular formula is C15H21BrO4. The number of ether oxygens (including phenoxy) is 2. The Hall–Kier alpha value is -0.780. The molecule has 2 N–H and O–H groups in total. The Bertz CT molecular complexity index is 455. The van der Waals surface area contributed by atoms with Gasteiger partial charge in [0.1, 0.15) is 6.61 Å². The Morgan fingerprint density at radius 3 is 2.55 bits per heavy atom. The van der Waals surface area contributed by atoms with Crippen LogP contribution in [0.4, 0.5) is 0 Å². The van der Waals surface area contributed by atoms with Crippen molar-refractivity contribution in [3.05, 3.63) is 22.2 Å². The first-order valence-electron chi connectivity index (χ1n) is 6.90. The number of benzene rings is 1. The Morgan fingerprint density at radius 1 is 1.25 bits per heavy atom. The Morgan fingerprint density at radius 2 is 1.95 bits per heavy atom. The summed E-state index contributed by atoms with van der Waals surface area (Å²) >= 11 is 3.42. The van der Waals surface area contributed by atoms with Gasteiger partial charge in [-0.1, -0.05) is 19.3 Å². The van der Waals surface area contributed by atoms with Crippen LogP contribution in [0.5, 0.6) is 11.5 Å². The number of hydrogen-bond donors (Lipinski definition) is 2. The molecule has 4 nitrogen and oxygen atoms in total. The lowest BCUT2D eigenvalue weighted by atomic mass is 9.85. The van der Waals surface area contributed by atoms with Crippen LogP contribution in [-0.2, 0) is 6.61 Å². The smallest absolute Gasteiger partial charge is 0.175 e. The van der Waals surface area contributed by atoms with Gasteiger partial charge in [-0.25, -0.2) is 0 Å². The predicted molar refractivity (Wildman–Crippen MR) is 80.1 cm³/mol. The molecule has 1 aromatic carbocycles. The summed E-state index contributed by atoms with van der Waals surface area (Å²) in [5, 5.41) is 19.7. The van der Waals surface area contributed by atoms with Crippen LogP contribution in [-0.4, -0.2) is 29.5 Å². The summed E-state index contributed by atoms with van der Waals surface area (Å²) in [5.74, 6) is 1.13. The molecule has 112 valence electrons. The highest BCUT2D eigenvalue weighted by Gasteiger charge is 2.30. The van der Waals surface area contributed by atoms with Crippen LogP contribution in [0, 0.1) is 0 Å². The van der Waals surface area contributed by atoms with E-state index in [9.17, 15) is 10.2 Å². The fraction of sp³-hybridized carbons (Fsp3) is 0.600. The normalized spacial score (nSPS) is 17.8. The molecule has 0 bridgehead atoms. The summed E-state index contributed by atoms with van der Waals surface area (Å²) in [5.41, 5.74) is 0.00990. The van der Waals surface area contributed by atoms with Crippen molar-refractivity contribution < 1.29 is 19.7 Å². The third-order valence-corrected chi connectivity index (χ3v) is 4.33. The standard InChI is InChI=1S/C15H21BrO4/c1-19-13-8-11(9-17)7-12(16)14(13)20-10-15(18)5-3-2-4-6-15/h7-8,17-18H,2-6,9-10H2,1H3. The van der Waals surface area contributed by atoms with Crippen LogP contribution in [0.1, 0.15) is 37.7 Å². The van der Waals surface area contributed by atoms with E-state index >= 15 is 0 Å². The van der Waals surface area contributed by atoms with Crippen molar-refractivity contribution in [1.29, 1.82) is 0 Å². The monoisotopic (exact) mass is 344 g/mol. The second-order valence-electron chi connectivity index (χ2n) is 5.34. The van der Waals surface area contributed by atoms with Crippen LogP contribution >= 0.6 is 15.9 Å². The lowest BCUT2D eigenvalue weighted by molar-refractivity contribution is -0.0345. The summed E-state index contributed by atoms with van der Waals surface area (Å²) < 4.78 is 11.8. The number of halogens is 1. The molecule has 0 spiro atoms. The van der Waals surface area contributed by atoms with Gasteiger partial charge < -0.3 is 19.7 Å². The van der Waals surface area contributed by atoms with Crippen molar-refractivity contribution in [3.63, 3.8) is 0 Å². The van der Waals surface area contributed by atoms with E-state index in [1.54, 1.807) is 19.2 Å². The van der Waals surface area contributed by atoms with Gasteiger partial charge in [-0.15, -0.1) is 0 Å². The first-order chi connectivity index (χ1) is 9.58. The maximum Gasteiger partial charge on any atom is 0.175 e. The predicted octanol–water partition coefficient (Wildman–Crippen LogP) is 3.02. The zero-order valence-electron chi connectivity index (χ0n) is 11.7. The summed E-state index contributed by atoms with van der Waals surface area (Å²) in [6.07, 6.45) is 4.83. The second kappa shape index (κ2) is 6.78. The molecule has 0 saturated heterocycles. The number of rotatable bonds is 5. The number of aliphatic hydroxyl groups is 2. The minimum absolute atomic E-state index is 0.0564. The fourth-order valence-electron chi connectivity index (χ4n) is 2.57. The van der Waals surface area contributed by atoms with Crippen molar-refractivity contribution in [2.45, 2.75) is 44.3 Å². The molecule has 1 aliphatic rings. The van der Waals surface area contributed by atoms with E-state index in [-0.39, 0.29) is 13.2 Å². The zero-order valence-corrected chi connectivity index (χ0v) is 13.3. The van der Waals surface area contributed by atoms with Gasteiger partial charge in [0, 0.05) is 0 Å². The number of methoxy groups -OCH3 is 1. The van der Waals surface area contributed by atoms with Crippen molar-refractivity contribution >= 4 is 15.9 Å². The molecule has 0 amide bonds. The van der Waals surface area contributed by atoms with Gasteiger partial charge >= 0.3 is 0 Å². The average Bonchev–Trinajstić information content (AvgIpc) is 2.46. The minimum atomic E-state index is -0.738. The SMILES string of the molecule is COc1cc(CO)cc(Br)c1OCC1(O)CCCCC1. The Balaban J connectivity index is 2.12. The largest absolute Gasteiger partial charge is 0.493 e. The first-order valence-corrected chi connectivity index (χ1v) is 7.70. The van der Waals surface area contributed by atoms with Crippen LogP contribution < -0.4 is 9.47 Å². The molecule has 0 aliphatic heterocycles. The fourth-order valence-corrected chi connectivity index (χ4v) is 3.17. The Labute approximate surface area is 127 Å². The average molecular weight is 345 g/mol. The topological polar surface area (TPSA) is 58.9 Å². The molecule has 0 atom stereocenters. The van der Waals surface area contributed by atoms with E-state index in [2.05, 4.69) is 15.9 Å². The van der Waals surface area contributed by atoms with Gasteiger partial charge in [-0.2, -0.15) is 0 Å². The maximum atomic E-state index is 10.5.